The third kappa shape index (κ3) is 5.39. The zero-order valence-corrected chi connectivity index (χ0v) is 20.5. The highest BCUT2D eigenvalue weighted by molar-refractivity contribution is 9.10. The van der Waals surface area contributed by atoms with E-state index in [1.165, 1.54) is 6.92 Å². The first-order valence-electron chi connectivity index (χ1n) is 10.3. The van der Waals surface area contributed by atoms with Gasteiger partial charge in [-0.05, 0) is 37.6 Å². The first kappa shape index (κ1) is 24.1. The van der Waals surface area contributed by atoms with Crippen molar-refractivity contribution in [3.63, 3.8) is 0 Å². The molecule has 0 fully saturated rings. The van der Waals surface area contributed by atoms with Crippen LogP contribution < -0.4 is 21.1 Å². The lowest BCUT2D eigenvalue weighted by molar-refractivity contribution is -0.138. The molecule has 1 aromatic carbocycles. The summed E-state index contributed by atoms with van der Waals surface area (Å²) < 4.78 is 27.3. The molecule has 1 aliphatic carbocycles. The molecule has 6 N–H and O–H groups in total. The van der Waals surface area contributed by atoms with E-state index in [0.717, 1.165) is 4.47 Å². The number of nitrogens with one attached hydrogen (secondary N) is 1. The van der Waals surface area contributed by atoms with Crippen LogP contribution in [0.25, 0.3) is 11.2 Å². The number of carboxylic acid groups (broad SMARTS) is 1. The number of aliphatic carboxylic acids is 1. The molecule has 0 spiro atoms. The molecular weight excluding hydrogens is 529 g/mol. The molecule has 12 nitrogen and oxygen atoms in total. The third-order valence-electron chi connectivity index (χ3n) is 5.19. The van der Waals surface area contributed by atoms with E-state index >= 15 is 0 Å². The molecular formula is C20H23BrN7O5P. The second-order valence-corrected chi connectivity index (χ2v) is 10.4. The number of halogens is 1. The minimum Gasteiger partial charge on any atom is -0.480 e. The minimum atomic E-state index is -4.00. The molecule has 4 rings (SSSR count). The van der Waals surface area contributed by atoms with Gasteiger partial charge in [-0.3, -0.25) is 9.32 Å². The van der Waals surface area contributed by atoms with Gasteiger partial charge in [-0.15, -0.1) is 0 Å². The molecule has 0 bridgehead atoms. The van der Waals surface area contributed by atoms with Gasteiger partial charge in [0.25, 0.3) is 0 Å². The standard InChI is InChI=1S/C20H23BrN7O5P/c1-11(19(29)30)27-34(31,33-15-6-3-13(21)4-7-15)32-9-12-2-5-14(8-12)28-10-24-16-17(22)25-20(23)26-18(16)28/h2-7,10-12,14H,8-9H2,1H3,(H,27,31)(H,29,30)(H4,22,23,25,26)/t11?,12-,14+,34?/m1/s1. The van der Waals surface area contributed by atoms with Crippen molar-refractivity contribution in [2.75, 3.05) is 18.1 Å². The lowest BCUT2D eigenvalue weighted by Crippen LogP contribution is -2.33. The number of carbonyl (C=O) groups is 1. The molecule has 2 aromatic heterocycles. The number of nitrogen functional groups attached to an aromatic ring is 2. The molecule has 3 aromatic rings. The zero-order chi connectivity index (χ0) is 24.5. The van der Waals surface area contributed by atoms with Crippen molar-refractivity contribution in [3.05, 3.63) is 47.2 Å². The Morgan fingerprint density at radius 1 is 1.32 bits per heavy atom. The van der Waals surface area contributed by atoms with Crippen LogP contribution in [0.4, 0.5) is 11.8 Å². The number of fused-ring (bicyclic) bond motifs is 1. The van der Waals surface area contributed by atoms with Crippen LogP contribution in [0.2, 0.25) is 0 Å². The van der Waals surface area contributed by atoms with E-state index in [2.05, 4.69) is 36.0 Å². The average molecular weight is 552 g/mol. The third-order valence-corrected chi connectivity index (χ3v) is 7.36. The molecule has 0 saturated heterocycles. The number of carboxylic acids is 1. The van der Waals surface area contributed by atoms with Crippen LogP contribution in [0.3, 0.4) is 0 Å². The van der Waals surface area contributed by atoms with E-state index in [1.807, 2.05) is 16.7 Å². The Morgan fingerprint density at radius 3 is 2.76 bits per heavy atom. The van der Waals surface area contributed by atoms with Crippen LogP contribution >= 0.6 is 23.7 Å². The number of benzene rings is 1. The molecule has 34 heavy (non-hydrogen) atoms. The molecule has 2 unspecified atom stereocenters. The Morgan fingerprint density at radius 2 is 2.06 bits per heavy atom. The maximum absolute atomic E-state index is 13.4. The number of nitrogens with zero attached hydrogens (tertiary/aromatic N) is 4. The van der Waals surface area contributed by atoms with Crippen molar-refractivity contribution in [3.8, 4) is 5.75 Å². The molecule has 4 atom stereocenters. The van der Waals surface area contributed by atoms with Gasteiger partial charge in [-0.2, -0.15) is 15.1 Å². The Labute approximate surface area is 203 Å². The topological polar surface area (TPSA) is 180 Å². The second-order valence-electron chi connectivity index (χ2n) is 7.77. The first-order valence-corrected chi connectivity index (χ1v) is 12.6. The number of anilines is 2. The number of imidazole rings is 1. The molecule has 0 radical (unpaired) electrons. The Balaban J connectivity index is 1.46. The van der Waals surface area contributed by atoms with Gasteiger partial charge in [0.15, 0.2) is 11.5 Å². The smallest absolute Gasteiger partial charge is 0.459 e. The quantitative estimate of drug-likeness (QED) is 0.226. The fraction of sp³-hybridized carbons (Fsp3) is 0.300. The van der Waals surface area contributed by atoms with Gasteiger partial charge in [0, 0.05) is 10.4 Å². The largest absolute Gasteiger partial charge is 0.480 e. The molecule has 1 aliphatic rings. The Kier molecular flexibility index (Phi) is 6.89. The van der Waals surface area contributed by atoms with Crippen molar-refractivity contribution in [1.29, 1.82) is 0 Å². The van der Waals surface area contributed by atoms with E-state index < -0.39 is 19.8 Å². The van der Waals surface area contributed by atoms with Crippen molar-refractivity contribution >= 4 is 52.6 Å². The molecule has 180 valence electrons. The fourth-order valence-electron chi connectivity index (χ4n) is 3.49. The van der Waals surface area contributed by atoms with Gasteiger partial charge >= 0.3 is 13.7 Å². The van der Waals surface area contributed by atoms with Crippen molar-refractivity contribution in [2.24, 2.45) is 5.92 Å². The highest BCUT2D eigenvalue weighted by Crippen LogP contribution is 2.46. The van der Waals surface area contributed by atoms with Crippen LogP contribution in [0.5, 0.6) is 5.75 Å². The van der Waals surface area contributed by atoms with Gasteiger partial charge in [0.1, 0.15) is 17.3 Å². The van der Waals surface area contributed by atoms with Gasteiger partial charge in [0.05, 0.1) is 19.0 Å². The summed E-state index contributed by atoms with van der Waals surface area (Å²) >= 11 is 3.32. The molecule has 0 aliphatic heterocycles. The fourth-order valence-corrected chi connectivity index (χ4v) is 5.31. The van der Waals surface area contributed by atoms with Crippen molar-refractivity contribution in [2.45, 2.75) is 25.4 Å². The van der Waals surface area contributed by atoms with Gasteiger partial charge < -0.3 is 25.7 Å². The monoisotopic (exact) mass is 551 g/mol. The summed E-state index contributed by atoms with van der Waals surface area (Å²) in [6, 6.07) is 5.36. The summed E-state index contributed by atoms with van der Waals surface area (Å²) in [5, 5.41) is 11.7. The average Bonchev–Trinajstić information content (AvgIpc) is 3.41. The Hall–Kier alpha value is -2.99. The van der Waals surface area contributed by atoms with Crippen molar-refractivity contribution < 1.29 is 23.5 Å². The van der Waals surface area contributed by atoms with Crippen LogP contribution in [0, 0.1) is 5.92 Å². The maximum Gasteiger partial charge on any atom is 0.459 e. The van der Waals surface area contributed by atoms with E-state index in [-0.39, 0.29) is 36.1 Å². The minimum absolute atomic E-state index is 0.0338. The summed E-state index contributed by atoms with van der Waals surface area (Å²) in [4.78, 5) is 23.8. The SMILES string of the molecule is CC(NP(=O)(OC[C@@H]1C=C[C@H](n2cnc3c(N)nc(N)nc32)C1)Oc1ccc(Br)cc1)C(=O)O. The summed E-state index contributed by atoms with van der Waals surface area (Å²) in [6.45, 7) is 1.39. The van der Waals surface area contributed by atoms with Crippen LogP contribution in [0.15, 0.2) is 47.2 Å². The van der Waals surface area contributed by atoms with Gasteiger partial charge in [-0.25, -0.2) is 9.55 Å². The Bertz CT molecular complexity index is 1280. The number of hydrogen-bond acceptors (Lipinski definition) is 9. The molecule has 0 saturated carbocycles. The van der Waals surface area contributed by atoms with Crippen LogP contribution in [-0.2, 0) is 13.9 Å². The maximum atomic E-state index is 13.4. The lowest BCUT2D eigenvalue weighted by atomic mass is 10.1. The number of hydrogen-bond donors (Lipinski definition) is 4. The summed E-state index contributed by atoms with van der Waals surface area (Å²) in [6.07, 6.45) is 6.10. The number of aromatic nitrogens is 4. The summed E-state index contributed by atoms with van der Waals surface area (Å²) in [5.74, 6) is -0.776. The number of allylic oxidation sites excluding steroid dienone is 1. The van der Waals surface area contributed by atoms with Gasteiger partial charge in [0.2, 0.25) is 5.95 Å². The molecule has 14 heteroatoms. The van der Waals surface area contributed by atoms with E-state index in [1.54, 1.807) is 30.6 Å². The number of rotatable bonds is 9. The van der Waals surface area contributed by atoms with Crippen LogP contribution in [-0.4, -0.2) is 43.2 Å². The highest BCUT2D eigenvalue weighted by atomic mass is 79.9. The zero-order valence-electron chi connectivity index (χ0n) is 18.0. The molecule has 2 heterocycles. The predicted molar refractivity (Wildman–Crippen MR) is 129 cm³/mol. The van der Waals surface area contributed by atoms with Gasteiger partial charge in [-0.1, -0.05) is 28.1 Å². The second kappa shape index (κ2) is 9.71. The van der Waals surface area contributed by atoms with Crippen molar-refractivity contribution in [1.82, 2.24) is 24.6 Å². The first-order chi connectivity index (χ1) is 16.1. The normalized spacial score (nSPS) is 20.3. The van der Waals surface area contributed by atoms with E-state index in [0.29, 0.717) is 17.6 Å². The predicted octanol–water partition coefficient (Wildman–Crippen LogP) is 3.14. The van der Waals surface area contributed by atoms with Crippen LogP contribution in [0.1, 0.15) is 19.4 Å². The summed E-state index contributed by atoms with van der Waals surface area (Å²) in [5.41, 5.74) is 12.6. The summed E-state index contributed by atoms with van der Waals surface area (Å²) in [7, 11) is -4.00. The van der Waals surface area contributed by atoms with E-state index in [9.17, 15) is 14.5 Å². The van der Waals surface area contributed by atoms with E-state index in [4.69, 9.17) is 20.5 Å². The lowest BCUT2D eigenvalue weighted by Gasteiger charge is -2.23. The molecule has 0 amide bonds. The highest BCUT2D eigenvalue weighted by Gasteiger charge is 2.33. The number of nitrogens with two attached hydrogens (primary N) is 2.